The summed E-state index contributed by atoms with van der Waals surface area (Å²) in [6.07, 6.45) is 1.66. The lowest BCUT2D eigenvalue weighted by atomic mass is 10.2. The molecule has 0 aromatic carbocycles. The molecule has 0 unspecified atom stereocenters. The first-order valence-electron chi connectivity index (χ1n) is 5.45. The normalized spacial score (nSPS) is 10.2. The van der Waals surface area contributed by atoms with E-state index in [0.29, 0.717) is 12.2 Å². The van der Waals surface area contributed by atoms with Gasteiger partial charge in [0.05, 0.1) is 17.8 Å². The minimum absolute atomic E-state index is 0.0940. The van der Waals surface area contributed by atoms with Gasteiger partial charge in [0.25, 0.3) is 5.91 Å². The Labute approximate surface area is 113 Å². The average molecular weight is 277 g/mol. The molecule has 2 aromatic heterocycles. The molecule has 7 heteroatoms. The molecule has 0 aliphatic rings. The maximum absolute atomic E-state index is 11.8. The number of hydrogen-bond acceptors (Lipinski definition) is 5. The number of nitrogens with one attached hydrogen (secondary N) is 1. The van der Waals surface area contributed by atoms with Gasteiger partial charge in [-0.05, 0) is 19.1 Å². The van der Waals surface area contributed by atoms with Gasteiger partial charge in [0, 0.05) is 11.6 Å². The van der Waals surface area contributed by atoms with Crippen molar-refractivity contribution >= 4 is 23.2 Å². The van der Waals surface area contributed by atoms with Crippen LogP contribution in [-0.2, 0) is 6.54 Å². The molecular formula is C12H11N3O3S. The molecule has 98 valence electrons. The summed E-state index contributed by atoms with van der Waals surface area (Å²) >= 11 is 1.45. The first-order chi connectivity index (χ1) is 9.08. The van der Waals surface area contributed by atoms with Gasteiger partial charge in [0.15, 0.2) is 0 Å². The van der Waals surface area contributed by atoms with Crippen LogP contribution in [-0.4, -0.2) is 27.0 Å². The number of amides is 1. The Kier molecular flexibility index (Phi) is 3.86. The second-order valence-electron chi connectivity index (χ2n) is 3.74. The SMILES string of the molecule is Cc1nc(C(=O)NCc2nccs2)ccc1C(=O)O. The lowest BCUT2D eigenvalue weighted by molar-refractivity contribution is 0.0694. The summed E-state index contributed by atoms with van der Waals surface area (Å²) in [6, 6.07) is 2.77. The number of rotatable bonds is 4. The van der Waals surface area contributed by atoms with Crippen molar-refractivity contribution in [3.8, 4) is 0 Å². The summed E-state index contributed by atoms with van der Waals surface area (Å²) in [5.74, 6) is -1.41. The molecule has 2 aromatic rings. The molecule has 2 rings (SSSR count). The van der Waals surface area contributed by atoms with E-state index in [2.05, 4.69) is 15.3 Å². The number of carbonyl (C=O) groups excluding carboxylic acids is 1. The fourth-order valence-corrected chi connectivity index (χ4v) is 2.06. The third kappa shape index (κ3) is 3.14. The van der Waals surface area contributed by atoms with Crippen LogP contribution in [0.25, 0.3) is 0 Å². The number of aryl methyl sites for hydroxylation is 1. The summed E-state index contributed by atoms with van der Waals surface area (Å²) in [5.41, 5.74) is 0.602. The van der Waals surface area contributed by atoms with E-state index in [1.54, 1.807) is 13.1 Å². The van der Waals surface area contributed by atoms with Crippen LogP contribution in [0, 0.1) is 6.92 Å². The van der Waals surface area contributed by atoms with Crippen molar-refractivity contribution < 1.29 is 14.7 Å². The van der Waals surface area contributed by atoms with Gasteiger partial charge in [-0.2, -0.15) is 0 Å². The number of carboxylic acid groups (broad SMARTS) is 1. The van der Waals surface area contributed by atoms with Crippen molar-refractivity contribution in [1.29, 1.82) is 0 Å². The second kappa shape index (κ2) is 5.57. The van der Waals surface area contributed by atoms with Crippen molar-refractivity contribution in [3.05, 3.63) is 45.7 Å². The molecular weight excluding hydrogens is 266 g/mol. The number of aromatic carboxylic acids is 1. The van der Waals surface area contributed by atoms with E-state index in [-0.39, 0.29) is 17.2 Å². The molecule has 0 fully saturated rings. The lowest BCUT2D eigenvalue weighted by Crippen LogP contribution is -2.24. The number of aromatic nitrogens is 2. The summed E-state index contributed by atoms with van der Waals surface area (Å²) < 4.78 is 0. The van der Waals surface area contributed by atoms with Gasteiger partial charge in [-0.15, -0.1) is 11.3 Å². The van der Waals surface area contributed by atoms with Crippen molar-refractivity contribution in [2.75, 3.05) is 0 Å². The van der Waals surface area contributed by atoms with Crippen molar-refractivity contribution in [1.82, 2.24) is 15.3 Å². The Hall–Kier alpha value is -2.28. The Morgan fingerprint density at radius 2 is 2.21 bits per heavy atom. The zero-order chi connectivity index (χ0) is 13.8. The van der Waals surface area contributed by atoms with Crippen LogP contribution in [0.2, 0.25) is 0 Å². The van der Waals surface area contributed by atoms with Gasteiger partial charge in [-0.1, -0.05) is 0 Å². The molecule has 0 aliphatic carbocycles. The summed E-state index contributed by atoms with van der Waals surface area (Å²) in [6.45, 7) is 1.89. The molecule has 0 spiro atoms. The highest BCUT2D eigenvalue weighted by Gasteiger charge is 2.13. The topological polar surface area (TPSA) is 92.2 Å². The van der Waals surface area contributed by atoms with E-state index in [1.165, 1.54) is 23.5 Å². The van der Waals surface area contributed by atoms with Gasteiger partial charge in [0.1, 0.15) is 10.7 Å². The van der Waals surface area contributed by atoms with Crippen molar-refractivity contribution in [3.63, 3.8) is 0 Å². The fraction of sp³-hybridized carbons (Fsp3) is 0.167. The molecule has 0 bridgehead atoms. The van der Waals surface area contributed by atoms with Crippen molar-refractivity contribution in [2.45, 2.75) is 13.5 Å². The number of carboxylic acids is 1. The van der Waals surface area contributed by atoms with E-state index in [4.69, 9.17) is 5.11 Å². The minimum atomic E-state index is -1.06. The smallest absolute Gasteiger partial charge is 0.337 e. The van der Waals surface area contributed by atoms with Crippen LogP contribution in [0.5, 0.6) is 0 Å². The molecule has 2 N–H and O–H groups in total. The number of pyridine rings is 1. The molecule has 0 aliphatic heterocycles. The first-order valence-corrected chi connectivity index (χ1v) is 6.33. The Morgan fingerprint density at radius 1 is 1.42 bits per heavy atom. The molecule has 0 radical (unpaired) electrons. The van der Waals surface area contributed by atoms with E-state index < -0.39 is 5.97 Å². The lowest BCUT2D eigenvalue weighted by Gasteiger charge is -2.05. The maximum atomic E-state index is 11.8. The van der Waals surface area contributed by atoms with Gasteiger partial charge in [-0.25, -0.2) is 14.8 Å². The summed E-state index contributed by atoms with van der Waals surface area (Å²) in [4.78, 5) is 30.7. The molecule has 0 atom stereocenters. The van der Waals surface area contributed by atoms with Gasteiger partial charge < -0.3 is 10.4 Å². The van der Waals surface area contributed by atoms with Gasteiger partial charge >= 0.3 is 5.97 Å². The Bertz CT molecular complexity index is 611. The number of nitrogens with zero attached hydrogens (tertiary/aromatic N) is 2. The fourth-order valence-electron chi connectivity index (χ4n) is 1.50. The van der Waals surface area contributed by atoms with Crippen LogP contribution in [0.15, 0.2) is 23.7 Å². The predicted molar refractivity (Wildman–Crippen MR) is 69.2 cm³/mol. The van der Waals surface area contributed by atoms with Crippen LogP contribution in [0.3, 0.4) is 0 Å². The van der Waals surface area contributed by atoms with Crippen LogP contribution >= 0.6 is 11.3 Å². The summed E-state index contributed by atoms with van der Waals surface area (Å²) in [5, 5.41) is 14.2. The first kappa shape index (κ1) is 13.2. The predicted octanol–water partition coefficient (Wildman–Crippen LogP) is 1.47. The molecule has 0 saturated heterocycles. The third-order valence-electron chi connectivity index (χ3n) is 2.43. The van der Waals surface area contributed by atoms with E-state index in [0.717, 1.165) is 5.01 Å². The van der Waals surface area contributed by atoms with Gasteiger partial charge in [0.2, 0.25) is 0 Å². The summed E-state index contributed by atoms with van der Waals surface area (Å²) in [7, 11) is 0. The molecule has 19 heavy (non-hydrogen) atoms. The Balaban J connectivity index is 2.07. The highest BCUT2D eigenvalue weighted by Crippen LogP contribution is 2.08. The molecule has 0 saturated carbocycles. The Morgan fingerprint density at radius 3 is 2.79 bits per heavy atom. The van der Waals surface area contributed by atoms with Gasteiger partial charge in [-0.3, -0.25) is 4.79 Å². The minimum Gasteiger partial charge on any atom is -0.478 e. The zero-order valence-electron chi connectivity index (χ0n) is 10.1. The van der Waals surface area contributed by atoms with E-state index in [9.17, 15) is 9.59 Å². The van der Waals surface area contributed by atoms with E-state index in [1.807, 2.05) is 5.38 Å². The van der Waals surface area contributed by atoms with Crippen LogP contribution in [0.4, 0.5) is 0 Å². The van der Waals surface area contributed by atoms with Crippen LogP contribution < -0.4 is 5.32 Å². The highest BCUT2D eigenvalue weighted by molar-refractivity contribution is 7.09. The standard InChI is InChI=1S/C12H11N3O3S/c1-7-8(12(17)18)2-3-9(15-7)11(16)14-6-10-13-4-5-19-10/h2-5H,6H2,1H3,(H,14,16)(H,17,18). The largest absolute Gasteiger partial charge is 0.478 e. The molecule has 2 heterocycles. The number of hydrogen-bond donors (Lipinski definition) is 2. The second-order valence-corrected chi connectivity index (χ2v) is 4.72. The highest BCUT2D eigenvalue weighted by atomic mass is 32.1. The monoisotopic (exact) mass is 277 g/mol. The third-order valence-corrected chi connectivity index (χ3v) is 3.21. The quantitative estimate of drug-likeness (QED) is 0.883. The van der Waals surface area contributed by atoms with E-state index >= 15 is 0 Å². The van der Waals surface area contributed by atoms with Crippen LogP contribution in [0.1, 0.15) is 31.5 Å². The number of thiazole rings is 1. The van der Waals surface area contributed by atoms with Crippen molar-refractivity contribution in [2.24, 2.45) is 0 Å². The molecule has 6 nitrogen and oxygen atoms in total. The maximum Gasteiger partial charge on any atom is 0.337 e. The average Bonchev–Trinajstić information content (AvgIpc) is 2.88. The number of carbonyl (C=O) groups is 2. The zero-order valence-corrected chi connectivity index (χ0v) is 10.9. The molecule has 1 amide bonds.